The highest BCUT2D eigenvalue weighted by Crippen LogP contribution is 2.46. The van der Waals surface area contributed by atoms with Crippen LogP contribution in [0.15, 0.2) is 40.8 Å². The number of nitrogens with zero attached hydrogens (tertiary/aromatic N) is 1. The van der Waals surface area contributed by atoms with E-state index < -0.39 is 26.6 Å². The minimum Gasteiger partial charge on any atom is -0.491 e. The Morgan fingerprint density at radius 1 is 1.02 bits per heavy atom. The molecule has 2 aliphatic rings. The highest BCUT2D eigenvalue weighted by atomic mass is 28.2. The van der Waals surface area contributed by atoms with Crippen LogP contribution in [0.2, 0.25) is 5.04 Å². The van der Waals surface area contributed by atoms with Crippen LogP contribution in [-0.4, -0.2) is 45.7 Å². The van der Waals surface area contributed by atoms with E-state index in [0.717, 1.165) is 10.9 Å². The van der Waals surface area contributed by atoms with Gasteiger partial charge in [0.25, 0.3) is 0 Å². The number of nitriles is 1. The van der Waals surface area contributed by atoms with Gasteiger partial charge in [0.15, 0.2) is 21.3 Å². The molecule has 2 atom stereocenters. The molecule has 8 heteroatoms. The van der Waals surface area contributed by atoms with E-state index in [0.29, 0.717) is 33.8 Å². The highest BCUT2D eigenvalue weighted by molar-refractivity contribution is 6.31. The topological polar surface area (TPSA) is 90.9 Å². The van der Waals surface area contributed by atoms with Gasteiger partial charge in [0, 0.05) is 16.4 Å². The first kappa shape index (κ1) is 28.6. The first-order valence-corrected chi connectivity index (χ1v) is 15.1. The second kappa shape index (κ2) is 9.56. The lowest BCUT2D eigenvalue weighted by Gasteiger charge is -2.36. The van der Waals surface area contributed by atoms with Gasteiger partial charge in [0.2, 0.25) is 0 Å². The van der Waals surface area contributed by atoms with Crippen LogP contribution in [-0.2, 0) is 19.3 Å². The van der Waals surface area contributed by atoms with Gasteiger partial charge < -0.3 is 23.1 Å². The Morgan fingerprint density at radius 2 is 1.75 bits per heavy atom. The molecule has 0 radical (unpaired) electrons. The summed E-state index contributed by atoms with van der Waals surface area (Å²) in [5.74, 6) is 0.399. The zero-order chi connectivity index (χ0) is 29.3. The first-order valence-electron chi connectivity index (χ1n) is 13.8. The van der Waals surface area contributed by atoms with Crippen LogP contribution in [0.5, 0.6) is 5.75 Å². The van der Waals surface area contributed by atoms with E-state index in [1.165, 1.54) is 0 Å². The fourth-order valence-electron chi connectivity index (χ4n) is 5.63. The lowest BCUT2D eigenvalue weighted by molar-refractivity contribution is -0.162. The molecule has 1 fully saturated rings. The maximum Gasteiger partial charge on any atom is 0.197 e. The number of benzene rings is 2. The third-order valence-corrected chi connectivity index (χ3v) is 9.44. The summed E-state index contributed by atoms with van der Waals surface area (Å²) in [7, 11) is -0.809. The van der Waals surface area contributed by atoms with Gasteiger partial charge in [-0.3, -0.25) is 4.79 Å². The molecule has 3 aromatic rings. The van der Waals surface area contributed by atoms with Crippen molar-refractivity contribution in [2.24, 2.45) is 0 Å². The number of hydrogen-bond acceptors (Lipinski definition) is 7. The standard InChI is InChI=1S/C32H39NO6Si/c1-29(2,3)40-39-31(6,7)27-24(37-32(8,9)38-27)17-35-19-11-13-20-22(15-19)30(4,5)28-25(26(20)34)21-12-10-18(16-33)14-23(21)36-28/h10-15,24,27H,17,40H2,1-9H3/t24-,27-/m1/s1. The van der Waals surface area contributed by atoms with Gasteiger partial charge in [0.05, 0.1) is 22.8 Å². The van der Waals surface area contributed by atoms with E-state index in [1.54, 1.807) is 18.2 Å². The van der Waals surface area contributed by atoms with Gasteiger partial charge in [-0.05, 0) is 88.5 Å². The second-order valence-electron chi connectivity index (χ2n) is 13.6. The third kappa shape index (κ3) is 5.12. The minimum atomic E-state index is -0.809. The molecule has 0 unspecified atom stereocenters. The molecule has 0 spiro atoms. The minimum absolute atomic E-state index is 0.0874. The van der Waals surface area contributed by atoms with E-state index in [9.17, 15) is 10.1 Å². The van der Waals surface area contributed by atoms with Crippen molar-refractivity contribution in [3.8, 4) is 11.8 Å². The maximum absolute atomic E-state index is 13.6. The summed E-state index contributed by atoms with van der Waals surface area (Å²) < 4.78 is 31.6. The SMILES string of the molecule is CC1(C)O[C@@H](C(C)(C)O[SiH2]C(C)(C)C)[C@@H](COc2ccc3c(c2)C(C)(C)c2oc4cc(C#N)ccc4c2C3=O)O1. The van der Waals surface area contributed by atoms with Crippen molar-refractivity contribution < 1.29 is 27.8 Å². The molecule has 0 N–H and O–H groups in total. The molecule has 212 valence electrons. The van der Waals surface area contributed by atoms with E-state index in [4.69, 9.17) is 23.1 Å². The normalized spacial score (nSPS) is 21.9. The number of carbonyl (C=O) groups excluding carboxylic acids is 1. The van der Waals surface area contributed by atoms with Crippen LogP contribution in [0.4, 0.5) is 0 Å². The molecule has 0 saturated carbocycles. The fourth-order valence-corrected chi connectivity index (χ4v) is 6.60. The Morgan fingerprint density at radius 3 is 2.42 bits per heavy atom. The summed E-state index contributed by atoms with van der Waals surface area (Å²) in [6, 6.07) is 12.9. The molecule has 0 bridgehead atoms. The van der Waals surface area contributed by atoms with E-state index >= 15 is 0 Å². The zero-order valence-corrected chi connectivity index (χ0v) is 26.3. The molecule has 0 amide bonds. The summed E-state index contributed by atoms with van der Waals surface area (Å²) >= 11 is 0. The van der Waals surface area contributed by atoms with Gasteiger partial charge in [-0.15, -0.1) is 0 Å². The molecule has 1 aliphatic heterocycles. The van der Waals surface area contributed by atoms with Crippen LogP contribution in [0.3, 0.4) is 0 Å². The zero-order valence-electron chi connectivity index (χ0n) is 24.9. The highest BCUT2D eigenvalue weighted by Gasteiger charge is 2.50. The molecule has 2 heterocycles. The van der Waals surface area contributed by atoms with Gasteiger partial charge in [-0.2, -0.15) is 5.26 Å². The van der Waals surface area contributed by atoms with Gasteiger partial charge in [0.1, 0.15) is 35.9 Å². The number of furan rings is 1. The molecular weight excluding hydrogens is 522 g/mol. The summed E-state index contributed by atoms with van der Waals surface area (Å²) in [4.78, 5) is 13.6. The van der Waals surface area contributed by atoms with Crippen LogP contribution >= 0.6 is 0 Å². The number of rotatable bonds is 6. The molecule has 1 saturated heterocycles. The van der Waals surface area contributed by atoms with Crippen LogP contribution in [0.25, 0.3) is 11.0 Å². The lowest BCUT2D eigenvalue weighted by Crippen LogP contribution is -2.48. The van der Waals surface area contributed by atoms with Gasteiger partial charge in [-0.1, -0.05) is 20.8 Å². The Labute approximate surface area is 238 Å². The average molecular weight is 562 g/mol. The Bertz CT molecular complexity index is 1520. The fraction of sp³-hybridized carbons (Fsp3) is 0.500. The first-order chi connectivity index (χ1) is 18.5. The monoisotopic (exact) mass is 561 g/mol. The molecule has 5 rings (SSSR count). The van der Waals surface area contributed by atoms with Crippen LogP contribution in [0.1, 0.15) is 95.1 Å². The molecule has 40 heavy (non-hydrogen) atoms. The van der Waals surface area contributed by atoms with Crippen molar-refractivity contribution >= 4 is 26.5 Å². The second-order valence-corrected chi connectivity index (χ2v) is 16.3. The van der Waals surface area contributed by atoms with Crippen molar-refractivity contribution in [1.29, 1.82) is 5.26 Å². The van der Waals surface area contributed by atoms with Crippen LogP contribution in [0, 0.1) is 11.3 Å². The van der Waals surface area contributed by atoms with Crippen molar-refractivity contribution in [2.45, 2.75) is 96.4 Å². The summed E-state index contributed by atoms with van der Waals surface area (Å²) in [6.45, 7) is 18.9. The molecule has 2 aromatic carbocycles. The Kier molecular flexibility index (Phi) is 6.82. The van der Waals surface area contributed by atoms with E-state index in [-0.39, 0.29) is 29.6 Å². The molecular formula is C32H39NO6Si. The summed E-state index contributed by atoms with van der Waals surface area (Å²) in [5, 5.41) is 10.2. The quantitative estimate of drug-likeness (QED) is 0.332. The lowest BCUT2D eigenvalue weighted by atomic mass is 9.71. The summed E-state index contributed by atoms with van der Waals surface area (Å²) in [5.41, 5.74) is 1.93. The van der Waals surface area contributed by atoms with E-state index in [2.05, 4.69) is 40.7 Å². The molecule has 1 aromatic heterocycles. The predicted octanol–water partition coefficient (Wildman–Crippen LogP) is 6.17. The number of carbonyl (C=O) groups is 1. The van der Waals surface area contributed by atoms with Gasteiger partial charge >= 0.3 is 0 Å². The number of ether oxygens (including phenoxy) is 3. The van der Waals surface area contributed by atoms with Crippen LogP contribution < -0.4 is 4.74 Å². The third-order valence-electron chi connectivity index (χ3n) is 7.68. The number of ketones is 1. The largest absolute Gasteiger partial charge is 0.491 e. The molecule has 7 nitrogen and oxygen atoms in total. The smallest absolute Gasteiger partial charge is 0.197 e. The van der Waals surface area contributed by atoms with Crippen molar-refractivity contribution in [1.82, 2.24) is 0 Å². The number of fused-ring (bicyclic) bond motifs is 4. The maximum atomic E-state index is 13.6. The van der Waals surface area contributed by atoms with E-state index in [1.807, 2.05) is 45.9 Å². The Balaban J connectivity index is 1.40. The molecule has 1 aliphatic carbocycles. The van der Waals surface area contributed by atoms with Crippen molar-refractivity contribution in [3.05, 3.63) is 64.4 Å². The van der Waals surface area contributed by atoms with Gasteiger partial charge in [-0.25, -0.2) is 0 Å². The predicted molar refractivity (Wildman–Crippen MR) is 156 cm³/mol. The average Bonchev–Trinajstić information content (AvgIpc) is 3.42. The van der Waals surface area contributed by atoms with Crippen molar-refractivity contribution in [3.63, 3.8) is 0 Å². The summed E-state index contributed by atoms with van der Waals surface area (Å²) in [6.07, 6.45) is -0.634. The Hall–Kier alpha value is -2.96. The number of hydrogen-bond donors (Lipinski definition) is 0. The van der Waals surface area contributed by atoms with Crippen molar-refractivity contribution in [2.75, 3.05) is 6.61 Å².